The number of unbranched alkanes of at least 4 members (excludes halogenated alkanes) is 4. The van der Waals surface area contributed by atoms with E-state index >= 15 is 0 Å². The second kappa shape index (κ2) is 14.2. The van der Waals surface area contributed by atoms with Crippen LogP contribution in [0.3, 0.4) is 0 Å². The molecule has 3 rings (SSSR count). The predicted molar refractivity (Wildman–Crippen MR) is 131 cm³/mol. The van der Waals surface area contributed by atoms with E-state index in [1.165, 1.54) is 103 Å². The molecule has 0 saturated heterocycles. The van der Waals surface area contributed by atoms with E-state index in [-0.39, 0.29) is 0 Å². The Kier molecular flexibility index (Phi) is 11.6. The van der Waals surface area contributed by atoms with E-state index in [4.69, 9.17) is 4.74 Å². The molecular formula is C29H54O. The molecule has 3 aliphatic rings. The summed E-state index contributed by atoms with van der Waals surface area (Å²) in [6.45, 7) is 5.72. The molecule has 3 saturated carbocycles. The van der Waals surface area contributed by atoms with Gasteiger partial charge in [0.25, 0.3) is 0 Å². The molecule has 1 nitrogen and oxygen atoms in total. The van der Waals surface area contributed by atoms with E-state index in [0.717, 1.165) is 36.2 Å². The Hall–Kier alpha value is -0.0400. The molecule has 0 heterocycles. The smallest absolute Gasteiger partial charge is 0.0575 e. The molecule has 1 heteroatoms. The summed E-state index contributed by atoms with van der Waals surface area (Å²) >= 11 is 0. The summed E-state index contributed by atoms with van der Waals surface area (Å²) in [5.41, 5.74) is 0. The lowest BCUT2D eigenvalue weighted by molar-refractivity contribution is -0.0130. The molecule has 0 aliphatic heterocycles. The zero-order valence-corrected chi connectivity index (χ0v) is 20.7. The summed E-state index contributed by atoms with van der Waals surface area (Å²) < 4.78 is 6.44. The van der Waals surface area contributed by atoms with Gasteiger partial charge in [-0.25, -0.2) is 0 Å². The number of hydrogen-bond acceptors (Lipinski definition) is 1. The minimum Gasteiger partial charge on any atom is -0.378 e. The van der Waals surface area contributed by atoms with Crippen LogP contribution in [0.4, 0.5) is 0 Å². The molecule has 0 atom stereocenters. The van der Waals surface area contributed by atoms with Crippen LogP contribution >= 0.6 is 0 Å². The van der Waals surface area contributed by atoms with E-state index in [2.05, 4.69) is 13.8 Å². The standard InChI is InChI=1S/C29H54O/c1-3-5-7-9-24-11-17-27(18-12-24)28-19-13-26(14-20-28)23-30-29-21-15-25(16-22-29)10-8-6-4-2/h24-29H,3-23H2,1-2H3. The zero-order valence-electron chi connectivity index (χ0n) is 20.7. The maximum atomic E-state index is 6.44. The molecule has 176 valence electrons. The van der Waals surface area contributed by atoms with Gasteiger partial charge in [0.1, 0.15) is 0 Å². The fraction of sp³-hybridized carbons (Fsp3) is 1.00. The molecule has 0 unspecified atom stereocenters. The molecule has 0 aromatic rings. The van der Waals surface area contributed by atoms with Crippen LogP contribution in [-0.4, -0.2) is 12.7 Å². The van der Waals surface area contributed by atoms with Crippen molar-refractivity contribution in [2.75, 3.05) is 6.61 Å². The molecule has 0 aromatic carbocycles. The lowest BCUT2D eigenvalue weighted by Crippen LogP contribution is -2.29. The third-order valence-corrected chi connectivity index (χ3v) is 9.24. The van der Waals surface area contributed by atoms with E-state index < -0.39 is 0 Å². The van der Waals surface area contributed by atoms with Gasteiger partial charge in [-0.2, -0.15) is 0 Å². The van der Waals surface area contributed by atoms with Crippen molar-refractivity contribution in [1.29, 1.82) is 0 Å². The van der Waals surface area contributed by atoms with Crippen LogP contribution in [-0.2, 0) is 4.74 Å². The molecule has 0 spiro atoms. The Morgan fingerprint density at radius 2 is 0.933 bits per heavy atom. The SMILES string of the molecule is CCCCCC1CCC(OCC2CCC(C3CCC(CCCCC)CC3)CC2)CC1. The average molecular weight is 419 g/mol. The van der Waals surface area contributed by atoms with Gasteiger partial charge in [0.05, 0.1) is 6.10 Å². The van der Waals surface area contributed by atoms with Crippen molar-refractivity contribution in [1.82, 2.24) is 0 Å². The van der Waals surface area contributed by atoms with Crippen molar-refractivity contribution in [3.63, 3.8) is 0 Å². The van der Waals surface area contributed by atoms with Crippen molar-refractivity contribution in [3.05, 3.63) is 0 Å². The van der Waals surface area contributed by atoms with Gasteiger partial charge in [-0.3, -0.25) is 0 Å². The fourth-order valence-corrected chi connectivity index (χ4v) is 7.00. The van der Waals surface area contributed by atoms with Gasteiger partial charge in [-0.15, -0.1) is 0 Å². The first-order valence-electron chi connectivity index (χ1n) is 14.4. The van der Waals surface area contributed by atoms with E-state index in [1.54, 1.807) is 25.7 Å². The molecule has 0 bridgehead atoms. The minimum absolute atomic E-state index is 0.591. The molecular weight excluding hydrogens is 364 g/mol. The van der Waals surface area contributed by atoms with Crippen molar-refractivity contribution >= 4 is 0 Å². The fourth-order valence-electron chi connectivity index (χ4n) is 7.00. The second-order valence-electron chi connectivity index (χ2n) is 11.5. The van der Waals surface area contributed by atoms with Gasteiger partial charge in [-0.1, -0.05) is 78.1 Å². The predicted octanol–water partition coefficient (Wildman–Crippen LogP) is 9.34. The Morgan fingerprint density at radius 3 is 1.40 bits per heavy atom. The first-order valence-corrected chi connectivity index (χ1v) is 14.4. The van der Waals surface area contributed by atoms with E-state index in [1.807, 2.05) is 0 Å². The topological polar surface area (TPSA) is 9.23 Å². The highest BCUT2D eigenvalue weighted by molar-refractivity contribution is 4.82. The molecule has 0 amide bonds. The molecule has 3 aliphatic carbocycles. The Balaban J connectivity index is 1.23. The normalized spacial score (nSPS) is 35.4. The Morgan fingerprint density at radius 1 is 0.500 bits per heavy atom. The highest BCUT2D eigenvalue weighted by Crippen LogP contribution is 2.42. The summed E-state index contributed by atoms with van der Waals surface area (Å²) in [5.74, 6) is 5.07. The number of ether oxygens (including phenoxy) is 1. The van der Waals surface area contributed by atoms with Crippen LogP contribution in [0.25, 0.3) is 0 Å². The maximum Gasteiger partial charge on any atom is 0.0575 e. The van der Waals surface area contributed by atoms with Crippen LogP contribution < -0.4 is 0 Å². The molecule has 30 heavy (non-hydrogen) atoms. The molecule has 0 N–H and O–H groups in total. The third kappa shape index (κ3) is 8.48. The maximum absolute atomic E-state index is 6.44. The minimum atomic E-state index is 0.591. The summed E-state index contributed by atoms with van der Waals surface area (Å²) in [6.07, 6.45) is 29.8. The van der Waals surface area contributed by atoms with Crippen LogP contribution in [0.5, 0.6) is 0 Å². The molecule has 0 radical (unpaired) electrons. The quantitative estimate of drug-likeness (QED) is 0.287. The lowest BCUT2D eigenvalue weighted by atomic mass is 9.69. The largest absolute Gasteiger partial charge is 0.378 e. The van der Waals surface area contributed by atoms with Gasteiger partial charge < -0.3 is 4.74 Å². The summed E-state index contributed by atoms with van der Waals surface area (Å²) in [4.78, 5) is 0. The highest BCUT2D eigenvalue weighted by Gasteiger charge is 2.31. The van der Waals surface area contributed by atoms with Crippen LogP contribution in [0.2, 0.25) is 0 Å². The first-order chi connectivity index (χ1) is 14.8. The zero-order chi connectivity index (χ0) is 21.0. The lowest BCUT2D eigenvalue weighted by Gasteiger charge is -2.38. The summed E-state index contributed by atoms with van der Waals surface area (Å²) in [5, 5.41) is 0. The van der Waals surface area contributed by atoms with Crippen molar-refractivity contribution in [3.8, 4) is 0 Å². The summed E-state index contributed by atoms with van der Waals surface area (Å²) in [7, 11) is 0. The van der Waals surface area contributed by atoms with Crippen molar-refractivity contribution < 1.29 is 4.74 Å². The Labute approximate surface area is 189 Å². The van der Waals surface area contributed by atoms with E-state index in [0.29, 0.717) is 6.10 Å². The van der Waals surface area contributed by atoms with Crippen molar-refractivity contribution in [2.24, 2.45) is 29.6 Å². The summed E-state index contributed by atoms with van der Waals surface area (Å²) in [6, 6.07) is 0. The number of hydrogen-bond donors (Lipinski definition) is 0. The highest BCUT2D eigenvalue weighted by atomic mass is 16.5. The second-order valence-corrected chi connectivity index (χ2v) is 11.5. The van der Waals surface area contributed by atoms with Crippen LogP contribution in [0.15, 0.2) is 0 Å². The van der Waals surface area contributed by atoms with Gasteiger partial charge in [0.2, 0.25) is 0 Å². The monoisotopic (exact) mass is 418 g/mol. The van der Waals surface area contributed by atoms with Crippen LogP contribution in [0.1, 0.15) is 142 Å². The van der Waals surface area contributed by atoms with E-state index in [9.17, 15) is 0 Å². The third-order valence-electron chi connectivity index (χ3n) is 9.24. The Bertz CT molecular complexity index is 408. The average Bonchev–Trinajstić information content (AvgIpc) is 2.80. The molecule has 0 aromatic heterocycles. The van der Waals surface area contributed by atoms with Gasteiger partial charge in [0, 0.05) is 6.61 Å². The van der Waals surface area contributed by atoms with Crippen molar-refractivity contribution in [2.45, 2.75) is 148 Å². The number of rotatable bonds is 12. The van der Waals surface area contributed by atoms with Gasteiger partial charge in [-0.05, 0) is 93.8 Å². The van der Waals surface area contributed by atoms with Gasteiger partial charge >= 0.3 is 0 Å². The van der Waals surface area contributed by atoms with Gasteiger partial charge in [0.15, 0.2) is 0 Å². The van der Waals surface area contributed by atoms with Crippen LogP contribution in [0, 0.1) is 29.6 Å². The molecule has 3 fully saturated rings. The first kappa shape index (κ1) is 24.6.